The molecule has 1 atom stereocenters. The molecule has 1 fully saturated rings. The lowest BCUT2D eigenvalue weighted by atomic mass is 9.98. The number of nitrogens with one attached hydrogen (secondary N) is 1. The fraction of sp³-hybridized carbons (Fsp3) is 0.611. The van der Waals surface area contributed by atoms with Crippen LogP contribution in [-0.4, -0.2) is 64.1 Å². The summed E-state index contributed by atoms with van der Waals surface area (Å²) in [7, 11) is -1.31. The highest BCUT2D eigenvalue weighted by molar-refractivity contribution is 7.91. The number of aliphatic imine (C=N–C) groups is 1. The lowest BCUT2D eigenvalue weighted by Crippen LogP contribution is -2.40. The van der Waals surface area contributed by atoms with Crippen molar-refractivity contribution in [2.45, 2.75) is 26.2 Å². The van der Waals surface area contributed by atoms with Gasteiger partial charge in [-0.2, -0.15) is 0 Å². The molecule has 0 spiro atoms. The molecular weight excluding hydrogens is 338 g/mol. The number of ether oxygens (including phenoxy) is 1. The van der Waals surface area contributed by atoms with Crippen LogP contribution in [0.2, 0.25) is 0 Å². The molecule has 1 aromatic carbocycles. The van der Waals surface area contributed by atoms with Crippen molar-refractivity contribution in [1.29, 1.82) is 0 Å². The standard InChI is InChI=1S/C18H29N3O3S/c1-4-19-18(20-11-13-25(22,23)5-2)21-12-10-16(14-21)15-6-8-17(24-3)9-7-15/h6-9,16H,4-5,10-14H2,1-3H3,(H,19,20). The van der Waals surface area contributed by atoms with Gasteiger partial charge in [-0.05, 0) is 31.0 Å². The van der Waals surface area contributed by atoms with E-state index in [9.17, 15) is 8.42 Å². The zero-order valence-corrected chi connectivity index (χ0v) is 16.2. The molecule has 0 radical (unpaired) electrons. The minimum absolute atomic E-state index is 0.105. The number of likely N-dealkylation sites (tertiary alicyclic amines) is 1. The zero-order chi connectivity index (χ0) is 18.3. The van der Waals surface area contributed by atoms with Crippen LogP contribution in [0.15, 0.2) is 29.3 Å². The third-order valence-corrected chi connectivity index (χ3v) is 6.20. The van der Waals surface area contributed by atoms with Gasteiger partial charge in [0.25, 0.3) is 0 Å². The Kier molecular flexibility index (Phi) is 7.11. The minimum atomic E-state index is -2.98. The summed E-state index contributed by atoms with van der Waals surface area (Å²) in [5.74, 6) is 2.40. The molecule has 1 aromatic rings. The average molecular weight is 368 g/mol. The first kappa shape index (κ1) is 19.6. The monoisotopic (exact) mass is 367 g/mol. The Bertz CT molecular complexity index is 671. The normalized spacial score (nSPS) is 18.4. The molecule has 0 amide bonds. The van der Waals surface area contributed by atoms with Crippen molar-refractivity contribution in [1.82, 2.24) is 10.2 Å². The Morgan fingerprint density at radius 3 is 2.64 bits per heavy atom. The fourth-order valence-corrected chi connectivity index (χ4v) is 3.62. The number of nitrogens with zero attached hydrogens (tertiary/aromatic N) is 2. The van der Waals surface area contributed by atoms with Gasteiger partial charge >= 0.3 is 0 Å². The van der Waals surface area contributed by atoms with Crippen LogP contribution >= 0.6 is 0 Å². The molecule has 2 rings (SSSR count). The molecule has 25 heavy (non-hydrogen) atoms. The van der Waals surface area contributed by atoms with Crippen molar-refractivity contribution in [3.05, 3.63) is 29.8 Å². The second-order valence-corrected chi connectivity index (χ2v) is 8.65. The lowest BCUT2D eigenvalue weighted by molar-refractivity contribution is 0.414. The Balaban J connectivity index is 2.00. The summed E-state index contributed by atoms with van der Waals surface area (Å²) in [4.78, 5) is 6.74. The van der Waals surface area contributed by atoms with Crippen molar-refractivity contribution in [3.63, 3.8) is 0 Å². The maximum atomic E-state index is 11.6. The van der Waals surface area contributed by atoms with E-state index in [0.29, 0.717) is 12.5 Å². The van der Waals surface area contributed by atoms with E-state index in [4.69, 9.17) is 4.74 Å². The minimum Gasteiger partial charge on any atom is -0.497 e. The van der Waals surface area contributed by atoms with Gasteiger partial charge in [-0.3, -0.25) is 4.99 Å². The number of sulfone groups is 1. The molecular formula is C18H29N3O3S. The van der Waals surface area contributed by atoms with Gasteiger partial charge in [0.05, 0.1) is 19.4 Å². The van der Waals surface area contributed by atoms with Gasteiger partial charge in [0.2, 0.25) is 0 Å². The van der Waals surface area contributed by atoms with Crippen LogP contribution in [0.4, 0.5) is 0 Å². The molecule has 1 unspecified atom stereocenters. The van der Waals surface area contributed by atoms with Gasteiger partial charge in [-0.25, -0.2) is 8.42 Å². The number of rotatable bonds is 7. The Morgan fingerprint density at radius 1 is 1.32 bits per heavy atom. The second kappa shape index (κ2) is 9.08. The molecule has 7 heteroatoms. The molecule has 1 heterocycles. The predicted octanol–water partition coefficient (Wildman–Crippen LogP) is 1.88. The van der Waals surface area contributed by atoms with Crippen LogP contribution in [-0.2, 0) is 9.84 Å². The van der Waals surface area contributed by atoms with Crippen molar-refractivity contribution in [2.24, 2.45) is 4.99 Å². The number of benzene rings is 1. The van der Waals surface area contributed by atoms with Crippen LogP contribution in [0.3, 0.4) is 0 Å². The van der Waals surface area contributed by atoms with E-state index in [-0.39, 0.29) is 11.5 Å². The third-order valence-electron chi connectivity index (χ3n) is 4.51. The van der Waals surface area contributed by atoms with Gasteiger partial charge in [-0.1, -0.05) is 19.1 Å². The summed E-state index contributed by atoms with van der Waals surface area (Å²) in [6, 6.07) is 8.22. The van der Waals surface area contributed by atoms with E-state index in [1.807, 2.05) is 19.1 Å². The molecule has 140 valence electrons. The predicted molar refractivity (Wildman–Crippen MR) is 102 cm³/mol. The van der Waals surface area contributed by atoms with Crippen molar-refractivity contribution in [2.75, 3.05) is 44.8 Å². The van der Waals surface area contributed by atoms with E-state index in [2.05, 4.69) is 27.3 Å². The summed E-state index contributed by atoms with van der Waals surface area (Å²) < 4.78 is 28.5. The fourth-order valence-electron chi connectivity index (χ4n) is 2.96. The van der Waals surface area contributed by atoms with E-state index in [0.717, 1.165) is 37.8 Å². The van der Waals surface area contributed by atoms with Gasteiger partial charge in [0.15, 0.2) is 15.8 Å². The summed E-state index contributed by atoms with van der Waals surface area (Å²) in [5, 5.41) is 3.28. The lowest BCUT2D eigenvalue weighted by Gasteiger charge is -2.21. The quantitative estimate of drug-likeness (QED) is 0.589. The van der Waals surface area contributed by atoms with Crippen LogP contribution < -0.4 is 10.1 Å². The molecule has 1 aliphatic rings. The SMILES string of the molecule is CCNC(=NCCS(=O)(=O)CC)N1CCC(c2ccc(OC)cc2)C1. The molecule has 6 nitrogen and oxygen atoms in total. The first-order chi connectivity index (χ1) is 12.0. The first-order valence-electron chi connectivity index (χ1n) is 8.86. The number of methoxy groups -OCH3 is 1. The van der Waals surface area contributed by atoms with E-state index in [1.54, 1.807) is 14.0 Å². The van der Waals surface area contributed by atoms with Gasteiger partial charge < -0.3 is 15.0 Å². The van der Waals surface area contributed by atoms with Crippen molar-refractivity contribution in [3.8, 4) is 5.75 Å². The van der Waals surface area contributed by atoms with Crippen molar-refractivity contribution >= 4 is 15.8 Å². The first-order valence-corrected chi connectivity index (χ1v) is 10.7. The largest absolute Gasteiger partial charge is 0.497 e. The molecule has 0 aliphatic carbocycles. The Morgan fingerprint density at radius 2 is 2.04 bits per heavy atom. The van der Waals surface area contributed by atoms with Gasteiger partial charge in [0, 0.05) is 31.3 Å². The van der Waals surface area contributed by atoms with Gasteiger partial charge in [0.1, 0.15) is 5.75 Å². The van der Waals surface area contributed by atoms with E-state index in [1.165, 1.54) is 5.56 Å². The highest BCUT2D eigenvalue weighted by atomic mass is 32.2. The maximum Gasteiger partial charge on any atom is 0.193 e. The molecule has 0 bridgehead atoms. The smallest absolute Gasteiger partial charge is 0.193 e. The van der Waals surface area contributed by atoms with E-state index >= 15 is 0 Å². The molecule has 1 saturated heterocycles. The van der Waals surface area contributed by atoms with Crippen LogP contribution in [0.5, 0.6) is 5.75 Å². The van der Waals surface area contributed by atoms with Gasteiger partial charge in [-0.15, -0.1) is 0 Å². The Hall–Kier alpha value is -1.76. The maximum absolute atomic E-state index is 11.6. The van der Waals surface area contributed by atoms with Crippen LogP contribution in [0.1, 0.15) is 31.7 Å². The summed E-state index contributed by atoms with van der Waals surface area (Å²) in [5.41, 5.74) is 1.30. The topological polar surface area (TPSA) is 71.0 Å². The number of hydrogen-bond donors (Lipinski definition) is 1. The molecule has 0 saturated carbocycles. The second-order valence-electron chi connectivity index (χ2n) is 6.18. The average Bonchev–Trinajstić information content (AvgIpc) is 3.11. The zero-order valence-electron chi connectivity index (χ0n) is 15.4. The Labute approximate surface area is 151 Å². The van der Waals surface area contributed by atoms with Crippen molar-refractivity contribution < 1.29 is 13.2 Å². The number of hydrogen-bond acceptors (Lipinski definition) is 4. The number of guanidine groups is 1. The molecule has 1 N–H and O–H groups in total. The summed E-state index contributed by atoms with van der Waals surface area (Å²) >= 11 is 0. The molecule has 1 aliphatic heterocycles. The summed E-state index contributed by atoms with van der Waals surface area (Å²) in [6.45, 7) is 6.58. The highest BCUT2D eigenvalue weighted by Gasteiger charge is 2.26. The van der Waals surface area contributed by atoms with E-state index < -0.39 is 9.84 Å². The van der Waals surface area contributed by atoms with Crippen LogP contribution in [0, 0.1) is 0 Å². The third kappa shape index (κ3) is 5.63. The summed E-state index contributed by atoms with van der Waals surface area (Å²) in [6.07, 6.45) is 1.06. The highest BCUT2D eigenvalue weighted by Crippen LogP contribution is 2.28. The molecule has 0 aromatic heterocycles. The van der Waals surface area contributed by atoms with Crippen LogP contribution in [0.25, 0.3) is 0 Å².